The molecule has 204 valence electrons. The number of nitrogens with one attached hydrogen (secondary N) is 1. The number of rotatable bonds is 10. The minimum Gasteiger partial charge on any atom is -0.491 e. The zero-order valence-electron chi connectivity index (χ0n) is 22.0. The van der Waals surface area contributed by atoms with Gasteiger partial charge in [-0.15, -0.1) is 0 Å². The standard InChI is InChI=1S/C27H44BrN3O4S/c1-21(2)35-26-7-8-27(28)24(20-26)19-23-10-13-30(14-11-23)12-9-22-3-5-25(6-4-22)29-36(32,33)31-15-17-34-18-16-31/h7-8,20-23,25,29H,3-6,9-19H2,1-2H3/t22-,25-. The Kier molecular flexibility index (Phi) is 10.5. The number of ether oxygens (including phenoxy) is 2. The largest absolute Gasteiger partial charge is 0.491 e. The van der Waals surface area contributed by atoms with Gasteiger partial charge < -0.3 is 14.4 Å². The van der Waals surface area contributed by atoms with E-state index in [-0.39, 0.29) is 12.1 Å². The summed E-state index contributed by atoms with van der Waals surface area (Å²) in [5, 5.41) is 0. The number of likely N-dealkylation sites (tertiary alicyclic amines) is 1. The molecule has 1 N–H and O–H groups in total. The van der Waals surface area contributed by atoms with Crippen LogP contribution in [0.2, 0.25) is 0 Å². The molecule has 4 rings (SSSR count). The lowest BCUT2D eigenvalue weighted by molar-refractivity contribution is 0.0721. The van der Waals surface area contributed by atoms with E-state index in [1.807, 2.05) is 6.07 Å². The van der Waals surface area contributed by atoms with Crippen molar-refractivity contribution in [3.05, 3.63) is 28.2 Å². The summed E-state index contributed by atoms with van der Waals surface area (Å²) in [6, 6.07) is 6.44. The summed E-state index contributed by atoms with van der Waals surface area (Å²) in [5.74, 6) is 2.40. The number of halogens is 1. The summed E-state index contributed by atoms with van der Waals surface area (Å²) in [4.78, 5) is 2.64. The van der Waals surface area contributed by atoms with E-state index < -0.39 is 10.2 Å². The van der Waals surface area contributed by atoms with E-state index in [1.165, 1.54) is 53.2 Å². The number of benzene rings is 1. The number of nitrogens with zero attached hydrogens (tertiary/aromatic N) is 2. The number of piperidine rings is 1. The van der Waals surface area contributed by atoms with Crippen molar-refractivity contribution in [2.75, 3.05) is 45.9 Å². The Balaban J connectivity index is 1.13. The second-order valence-electron chi connectivity index (χ2n) is 11.0. The van der Waals surface area contributed by atoms with E-state index in [0.29, 0.717) is 32.2 Å². The minimum atomic E-state index is -3.38. The molecule has 0 spiro atoms. The summed E-state index contributed by atoms with van der Waals surface area (Å²) < 4.78 is 42.1. The van der Waals surface area contributed by atoms with Gasteiger partial charge in [-0.25, -0.2) is 0 Å². The van der Waals surface area contributed by atoms with E-state index in [2.05, 4.69) is 51.5 Å². The fraction of sp³-hybridized carbons (Fsp3) is 0.778. The molecule has 9 heteroatoms. The van der Waals surface area contributed by atoms with Crippen molar-refractivity contribution in [3.63, 3.8) is 0 Å². The normalized spacial score (nSPS) is 25.3. The van der Waals surface area contributed by atoms with Crippen molar-refractivity contribution in [1.82, 2.24) is 13.9 Å². The molecule has 0 atom stereocenters. The molecule has 0 amide bonds. The van der Waals surface area contributed by atoms with Gasteiger partial charge in [0, 0.05) is 23.6 Å². The first-order valence-corrected chi connectivity index (χ1v) is 16.0. The van der Waals surface area contributed by atoms with Gasteiger partial charge in [0.25, 0.3) is 10.2 Å². The molecule has 7 nitrogen and oxygen atoms in total. The molecule has 1 aromatic rings. The Hall–Kier alpha value is -0.710. The lowest BCUT2D eigenvalue weighted by Crippen LogP contribution is -2.50. The molecule has 1 aliphatic carbocycles. The van der Waals surface area contributed by atoms with Gasteiger partial charge in [0.05, 0.1) is 19.3 Å². The monoisotopic (exact) mass is 585 g/mol. The van der Waals surface area contributed by atoms with E-state index >= 15 is 0 Å². The van der Waals surface area contributed by atoms with E-state index in [9.17, 15) is 8.42 Å². The second kappa shape index (κ2) is 13.4. The molecular formula is C27H44BrN3O4S. The van der Waals surface area contributed by atoms with Gasteiger partial charge >= 0.3 is 0 Å². The van der Waals surface area contributed by atoms with Crippen LogP contribution in [0.25, 0.3) is 0 Å². The van der Waals surface area contributed by atoms with Crippen molar-refractivity contribution in [1.29, 1.82) is 0 Å². The Morgan fingerprint density at radius 1 is 1.03 bits per heavy atom. The average molecular weight is 587 g/mol. The van der Waals surface area contributed by atoms with Crippen LogP contribution in [0.3, 0.4) is 0 Å². The van der Waals surface area contributed by atoms with Crippen LogP contribution in [0.1, 0.15) is 64.4 Å². The summed E-state index contributed by atoms with van der Waals surface area (Å²) >= 11 is 3.73. The number of morpholine rings is 1. The highest BCUT2D eigenvalue weighted by molar-refractivity contribution is 9.10. The van der Waals surface area contributed by atoms with Crippen LogP contribution >= 0.6 is 15.9 Å². The Morgan fingerprint density at radius 2 is 1.72 bits per heavy atom. The van der Waals surface area contributed by atoms with Gasteiger partial charge in [0.1, 0.15) is 5.75 Å². The molecule has 0 radical (unpaired) electrons. The smallest absolute Gasteiger partial charge is 0.279 e. The summed E-state index contributed by atoms with van der Waals surface area (Å²) in [6.07, 6.45) is 9.16. The first-order chi connectivity index (χ1) is 17.3. The predicted molar refractivity (Wildman–Crippen MR) is 148 cm³/mol. The molecule has 36 heavy (non-hydrogen) atoms. The van der Waals surface area contributed by atoms with Crippen LogP contribution < -0.4 is 9.46 Å². The molecule has 0 unspecified atom stereocenters. The fourth-order valence-electron chi connectivity index (χ4n) is 5.78. The summed E-state index contributed by atoms with van der Waals surface area (Å²) in [7, 11) is -3.38. The predicted octanol–water partition coefficient (Wildman–Crippen LogP) is 4.61. The lowest BCUT2D eigenvalue weighted by Gasteiger charge is -2.35. The van der Waals surface area contributed by atoms with Gasteiger partial charge in [-0.05, 0) is 120 Å². The van der Waals surface area contributed by atoms with Gasteiger partial charge in [-0.3, -0.25) is 0 Å². The van der Waals surface area contributed by atoms with Crippen LogP contribution in [-0.4, -0.2) is 75.7 Å². The number of hydrogen-bond donors (Lipinski definition) is 1. The Labute approximate surface area is 226 Å². The third kappa shape index (κ3) is 8.40. The van der Waals surface area contributed by atoms with Crippen LogP contribution in [-0.2, 0) is 21.4 Å². The minimum absolute atomic E-state index is 0.0774. The first kappa shape index (κ1) is 28.3. The maximum absolute atomic E-state index is 12.6. The van der Waals surface area contributed by atoms with Crippen LogP contribution in [0.15, 0.2) is 22.7 Å². The zero-order chi connectivity index (χ0) is 25.5. The molecule has 2 saturated heterocycles. The third-order valence-corrected chi connectivity index (χ3v) is 10.4. The SMILES string of the molecule is CC(C)Oc1ccc(Br)c(CC2CCN(CC[C@H]3CC[C@H](NS(=O)(=O)N4CCOCC4)CC3)CC2)c1. The molecule has 0 aromatic heterocycles. The van der Waals surface area contributed by atoms with Crippen LogP contribution in [0.5, 0.6) is 5.75 Å². The van der Waals surface area contributed by atoms with Crippen LogP contribution in [0.4, 0.5) is 0 Å². The second-order valence-corrected chi connectivity index (χ2v) is 13.6. The molecular weight excluding hydrogens is 542 g/mol. The van der Waals surface area contributed by atoms with Crippen molar-refractivity contribution in [2.24, 2.45) is 11.8 Å². The number of hydrogen-bond acceptors (Lipinski definition) is 5. The lowest BCUT2D eigenvalue weighted by atomic mass is 9.84. The highest BCUT2D eigenvalue weighted by atomic mass is 79.9. The van der Waals surface area contributed by atoms with Gasteiger partial charge in [-0.1, -0.05) is 15.9 Å². The molecule has 2 heterocycles. The topological polar surface area (TPSA) is 71.1 Å². The molecule has 1 aromatic carbocycles. The van der Waals surface area contributed by atoms with Crippen LogP contribution in [0, 0.1) is 11.8 Å². The molecule has 3 aliphatic rings. The van der Waals surface area contributed by atoms with Gasteiger partial charge in [-0.2, -0.15) is 17.4 Å². The Bertz CT molecular complexity index is 923. The summed E-state index contributed by atoms with van der Waals surface area (Å²) in [6.45, 7) is 9.55. The van der Waals surface area contributed by atoms with Crippen molar-refractivity contribution >= 4 is 26.1 Å². The highest BCUT2D eigenvalue weighted by Crippen LogP contribution is 2.31. The molecule has 3 fully saturated rings. The first-order valence-electron chi connectivity index (χ1n) is 13.8. The molecule has 1 saturated carbocycles. The van der Waals surface area contributed by atoms with Crippen molar-refractivity contribution in [2.45, 2.75) is 77.4 Å². The van der Waals surface area contributed by atoms with E-state index in [1.54, 1.807) is 0 Å². The maximum atomic E-state index is 12.6. The average Bonchev–Trinajstić information content (AvgIpc) is 2.86. The van der Waals surface area contributed by atoms with Crippen molar-refractivity contribution < 1.29 is 17.9 Å². The van der Waals surface area contributed by atoms with E-state index in [4.69, 9.17) is 9.47 Å². The van der Waals surface area contributed by atoms with Crippen molar-refractivity contribution in [3.8, 4) is 5.75 Å². The zero-order valence-corrected chi connectivity index (χ0v) is 24.4. The Morgan fingerprint density at radius 3 is 2.39 bits per heavy atom. The van der Waals surface area contributed by atoms with Gasteiger partial charge in [0.15, 0.2) is 0 Å². The third-order valence-electron chi connectivity index (χ3n) is 7.93. The highest BCUT2D eigenvalue weighted by Gasteiger charge is 2.30. The fourth-order valence-corrected chi connectivity index (χ4v) is 7.63. The van der Waals surface area contributed by atoms with E-state index in [0.717, 1.165) is 43.8 Å². The molecule has 0 bridgehead atoms. The molecule has 2 aliphatic heterocycles. The summed E-state index contributed by atoms with van der Waals surface area (Å²) in [5.41, 5.74) is 1.35. The maximum Gasteiger partial charge on any atom is 0.279 e. The van der Waals surface area contributed by atoms with Gasteiger partial charge in [0.2, 0.25) is 0 Å². The quantitative estimate of drug-likeness (QED) is 0.434.